The summed E-state index contributed by atoms with van der Waals surface area (Å²) in [5.41, 5.74) is 6.37. The van der Waals surface area contributed by atoms with Gasteiger partial charge in [-0.15, -0.1) is 0 Å². The van der Waals surface area contributed by atoms with Gasteiger partial charge in [0, 0.05) is 23.7 Å². The van der Waals surface area contributed by atoms with Crippen LogP contribution < -0.4 is 4.74 Å². The predicted molar refractivity (Wildman–Crippen MR) is 156 cm³/mol. The number of benzene rings is 2. The number of amides is 1. The third kappa shape index (κ3) is 5.48. The van der Waals surface area contributed by atoms with E-state index >= 15 is 4.39 Å². The molecule has 5 rings (SSSR count). The first-order valence-corrected chi connectivity index (χ1v) is 14.8. The highest BCUT2D eigenvalue weighted by atomic mass is 19.1. The summed E-state index contributed by atoms with van der Waals surface area (Å²) in [6, 6.07) is 1.67. The van der Waals surface area contributed by atoms with Crippen molar-refractivity contribution in [3.05, 3.63) is 50.8 Å². The number of rotatable bonds is 5. The second-order valence-corrected chi connectivity index (χ2v) is 13.0. The Labute approximate surface area is 242 Å². The number of halogens is 1. The van der Waals surface area contributed by atoms with Crippen LogP contribution in [0.15, 0.2) is 6.07 Å². The lowest BCUT2D eigenvalue weighted by molar-refractivity contribution is -0.160. The molecule has 7 nitrogen and oxygen atoms in total. The van der Waals surface area contributed by atoms with E-state index in [-0.39, 0.29) is 18.4 Å². The zero-order valence-electron chi connectivity index (χ0n) is 25.4. The summed E-state index contributed by atoms with van der Waals surface area (Å²) in [6.07, 6.45) is 2.28. The van der Waals surface area contributed by atoms with Gasteiger partial charge in [0.2, 0.25) is 5.91 Å². The van der Waals surface area contributed by atoms with Crippen molar-refractivity contribution in [2.24, 2.45) is 0 Å². The van der Waals surface area contributed by atoms with Crippen LogP contribution >= 0.6 is 0 Å². The maximum atomic E-state index is 15.6. The van der Waals surface area contributed by atoms with Crippen LogP contribution in [0.4, 0.5) is 4.39 Å². The zero-order chi connectivity index (χ0) is 29.8. The van der Waals surface area contributed by atoms with Crippen molar-refractivity contribution < 1.29 is 28.6 Å². The van der Waals surface area contributed by atoms with E-state index in [1.165, 1.54) is 6.07 Å². The Morgan fingerprint density at radius 2 is 1.78 bits per heavy atom. The van der Waals surface area contributed by atoms with Crippen LogP contribution in [0.3, 0.4) is 0 Å². The van der Waals surface area contributed by atoms with Crippen LogP contribution in [0.1, 0.15) is 85.1 Å². The summed E-state index contributed by atoms with van der Waals surface area (Å²) >= 11 is 0. The second kappa shape index (κ2) is 11.0. The first-order chi connectivity index (χ1) is 19.3. The van der Waals surface area contributed by atoms with Gasteiger partial charge in [0.05, 0.1) is 18.6 Å². The molecule has 3 heterocycles. The molecule has 0 radical (unpaired) electrons. The van der Waals surface area contributed by atoms with E-state index in [0.29, 0.717) is 42.0 Å². The molecule has 0 aliphatic carbocycles. The fraction of sp³-hybridized carbons (Fsp3) is 0.576. The molecular formula is C33H43FN2O5. The Morgan fingerprint density at radius 3 is 2.41 bits per heavy atom. The summed E-state index contributed by atoms with van der Waals surface area (Å²) in [5.74, 6) is -1.18. The highest BCUT2D eigenvalue weighted by Gasteiger charge is 2.38. The number of aliphatic carboxylic acids is 1. The Hall–Kier alpha value is -2.97. The molecule has 1 N–H and O–H groups in total. The first-order valence-electron chi connectivity index (χ1n) is 14.8. The van der Waals surface area contributed by atoms with Gasteiger partial charge in [-0.3, -0.25) is 4.79 Å². The van der Waals surface area contributed by atoms with Crippen molar-refractivity contribution >= 4 is 11.9 Å². The smallest absolute Gasteiger partial charge is 0.337 e. The molecular weight excluding hydrogens is 523 g/mol. The van der Waals surface area contributed by atoms with Gasteiger partial charge in [-0.05, 0) is 132 Å². The van der Waals surface area contributed by atoms with Crippen molar-refractivity contribution in [2.75, 3.05) is 26.7 Å². The van der Waals surface area contributed by atoms with Gasteiger partial charge in [-0.2, -0.15) is 0 Å². The monoisotopic (exact) mass is 566 g/mol. The van der Waals surface area contributed by atoms with Crippen LogP contribution in [0.5, 0.6) is 5.75 Å². The summed E-state index contributed by atoms with van der Waals surface area (Å²) in [7, 11) is 2.11. The SMILES string of the molecule is Cc1c(-c2c(C)c3c(c(C)c2[C@@H](OC(C)(C)C)C(=O)O)CC(=O)N(C2CCN(C)CC2)C3)cc(F)c2c1CCCO2. The summed E-state index contributed by atoms with van der Waals surface area (Å²) in [4.78, 5) is 30.7. The van der Waals surface area contributed by atoms with Crippen molar-refractivity contribution in [2.45, 2.75) is 97.9 Å². The highest BCUT2D eigenvalue weighted by Crippen LogP contribution is 2.46. The van der Waals surface area contributed by atoms with Gasteiger partial charge >= 0.3 is 5.97 Å². The number of hydrogen-bond donors (Lipinski definition) is 1. The van der Waals surface area contributed by atoms with E-state index in [2.05, 4.69) is 11.9 Å². The molecule has 1 saturated heterocycles. The normalized spacial score (nSPS) is 19.0. The van der Waals surface area contributed by atoms with Crippen LogP contribution in [0.25, 0.3) is 11.1 Å². The van der Waals surface area contributed by atoms with Gasteiger partial charge in [0.15, 0.2) is 17.7 Å². The third-order valence-electron chi connectivity index (χ3n) is 9.09. The summed E-state index contributed by atoms with van der Waals surface area (Å²) in [5, 5.41) is 10.5. The van der Waals surface area contributed by atoms with E-state index in [1.54, 1.807) is 0 Å². The number of likely N-dealkylation sites (tertiary alicyclic amines) is 1. The van der Waals surface area contributed by atoms with E-state index in [1.807, 2.05) is 46.4 Å². The predicted octanol–water partition coefficient (Wildman–Crippen LogP) is 5.66. The molecule has 0 unspecified atom stereocenters. The maximum absolute atomic E-state index is 15.6. The topological polar surface area (TPSA) is 79.3 Å². The van der Waals surface area contributed by atoms with Crippen molar-refractivity contribution in [3.63, 3.8) is 0 Å². The molecule has 3 aliphatic rings. The minimum atomic E-state index is -1.29. The molecule has 0 saturated carbocycles. The quantitative estimate of drug-likeness (QED) is 0.503. The van der Waals surface area contributed by atoms with Crippen LogP contribution in [0.2, 0.25) is 0 Å². The molecule has 222 valence electrons. The number of fused-ring (bicyclic) bond motifs is 2. The fourth-order valence-corrected chi connectivity index (χ4v) is 6.94. The van der Waals surface area contributed by atoms with Crippen LogP contribution in [0, 0.1) is 26.6 Å². The fourth-order valence-electron chi connectivity index (χ4n) is 6.94. The standard InChI is InChI=1S/C33H43FN2O5/c1-18-22-9-8-14-40-30(22)26(34)15-24(18)28-20(3)25-17-36(21-10-12-35(7)13-11-21)27(37)16-23(25)19(2)29(28)31(32(38)39)41-33(4,5)6/h15,21,31H,8-14,16-17H2,1-7H3,(H,38,39)/t31-/m1/s1. The molecule has 8 heteroatoms. The van der Waals surface area contributed by atoms with E-state index < -0.39 is 23.5 Å². The Balaban J connectivity index is 1.75. The lowest BCUT2D eigenvalue weighted by Gasteiger charge is -2.41. The molecule has 0 spiro atoms. The molecule has 1 fully saturated rings. The highest BCUT2D eigenvalue weighted by molar-refractivity contribution is 5.89. The number of piperidine rings is 1. The Bertz CT molecular complexity index is 1390. The molecule has 1 atom stereocenters. The average Bonchev–Trinajstić information content (AvgIpc) is 2.91. The number of carbonyl (C=O) groups is 2. The van der Waals surface area contributed by atoms with Crippen molar-refractivity contribution in [3.8, 4) is 16.9 Å². The zero-order valence-corrected chi connectivity index (χ0v) is 25.4. The van der Waals surface area contributed by atoms with Crippen molar-refractivity contribution in [1.82, 2.24) is 9.80 Å². The Morgan fingerprint density at radius 1 is 1.10 bits per heavy atom. The summed E-state index contributed by atoms with van der Waals surface area (Å²) in [6.45, 7) is 14.2. The molecule has 2 aromatic carbocycles. The number of carboxylic acids is 1. The average molecular weight is 567 g/mol. The third-order valence-corrected chi connectivity index (χ3v) is 9.09. The number of nitrogens with zero attached hydrogens (tertiary/aromatic N) is 2. The largest absolute Gasteiger partial charge is 0.490 e. The number of carbonyl (C=O) groups excluding carboxylic acids is 1. The summed E-state index contributed by atoms with van der Waals surface area (Å²) < 4.78 is 27.5. The Kier molecular flexibility index (Phi) is 7.94. The van der Waals surface area contributed by atoms with Gasteiger partial charge in [-0.25, -0.2) is 9.18 Å². The van der Waals surface area contributed by atoms with E-state index in [0.717, 1.165) is 65.7 Å². The first kappa shape index (κ1) is 29.5. The minimum Gasteiger partial charge on any atom is -0.490 e. The molecule has 0 aromatic heterocycles. The molecule has 1 amide bonds. The minimum absolute atomic E-state index is 0.0741. The lowest BCUT2D eigenvalue weighted by atomic mass is 9.78. The van der Waals surface area contributed by atoms with Crippen molar-refractivity contribution in [1.29, 1.82) is 0 Å². The molecule has 41 heavy (non-hydrogen) atoms. The van der Waals surface area contributed by atoms with Crippen LogP contribution in [-0.2, 0) is 33.7 Å². The van der Waals surface area contributed by atoms with Crippen LogP contribution in [-0.4, -0.2) is 65.2 Å². The maximum Gasteiger partial charge on any atom is 0.337 e. The van der Waals surface area contributed by atoms with Gasteiger partial charge in [0.1, 0.15) is 0 Å². The van der Waals surface area contributed by atoms with E-state index in [9.17, 15) is 14.7 Å². The van der Waals surface area contributed by atoms with E-state index in [4.69, 9.17) is 9.47 Å². The van der Waals surface area contributed by atoms with Gasteiger partial charge in [-0.1, -0.05) is 0 Å². The second-order valence-electron chi connectivity index (χ2n) is 13.0. The lowest BCUT2D eigenvalue weighted by Crippen LogP contribution is -2.48. The number of carboxylic acid groups (broad SMARTS) is 1. The molecule has 3 aliphatic heterocycles. The number of ether oxygens (including phenoxy) is 2. The van der Waals surface area contributed by atoms with Gasteiger partial charge in [0.25, 0.3) is 0 Å². The molecule has 0 bridgehead atoms. The van der Waals surface area contributed by atoms with Gasteiger partial charge < -0.3 is 24.4 Å². The number of hydrogen-bond acceptors (Lipinski definition) is 5. The molecule has 2 aromatic rings.